The molecule has 1 aliphatic rings. The van der Waals surface area contributed by atoms with Crippen molar-refractivity contribution in [2.24, 2.45) is 0 Å². The Morgan fingerprint density at radius 1 is 1.35 bits per heavy atom. The van der Waals surface area contributed by atoms with Gasteiger partial charge < -0.3 is 5.11 Å². The van der Waals surface area contributed by atoms with Crippen molar-refractivity contribution in [1.29, 1.82) is 0 Å². The van der Waals surface area contributed by atoms with E-state index in [2.05, 4.69) is 15.9 Å². The Morgan fingerprint density at radius 3 is 2.55 bits per heavy atom. The highest BCUT2D eigenvalue weighted by atomic mass is 79.9. The summed E-state index contributed by atoms with van der Waals surface area (Å²) < 4.78 is 23.8. The summed E-state index contributed by atoms with van der Waals surface area (Å²) in [4.78, 5) is 13.0. The molecule has 0 aromatic heterocycles. The zero-order valence-corrected chi connectivity index (χ0v) is 13.2. The molecule has 1 N–H and O–H groups in total. The van der Waals surface area contributed by atoms with Gasteiger partial charge >= 0.3 is 5.97 Å². The second-order valence-corrected chi connectivity index (χ2v) is 8.08. The lowest BCUT2D eigenvalue weighted by molar-refractivity contribution is -0.138. The molecule has 1 heterocycles. The summed E-state index contributed by atoms with van der Waals surface area (Å²) in [6, 6.07) is 7.20. The van der Waals surface area contributed by atoms with Crippen LogP contribution in [0, 0.1) is 0 Å². The zero-order chi connectivity index (χ0) is 14.8. The number of benzene rings is 1. The summed E-state index contributed by atoms with van der Waals surface area (Å²) in [6.07, 6.45) is -0.0312. The molecule has 7 heteroatoms. The summed E-state index contributed by atoms with van der Waals surface area (Å²) in [5, 5.41) is 9.09. The molecule has 0 spiro atoms. The van der Waals surface area contributed by atoms with Gasteiger partial charge in [0.25, 0.3) is 0 Å². The van der Waals surface area contributed by atoms with Crippen LogP contribution < -0.4 is 0 Å². The quantitative estimate of drug-likeness (QED) is 0.883. The van der Waals surface area contributed by atoms with Crippen molar-refractivity contribution in [3.8, 4) is 0 Å². The maximum absolute atomic E-state index is 11.5. The molecule has 20 heavy (non-hydrogen) atoms. The van der Waals surface area contributed by atoms with Crippen LogP contribution >= 0.6 is 15.9 Å². The second kappa shape index (κ2) is 6.24. The number of carbonyl (C=O) groups is 1. The Morgan fingerprint density at radius 2 is 2.00 bits per heavy atom. The van der Waals surface area contributed by atoms with Crippen LogP contribution in [-0.2, 0) is 14.6 Å². The minimum absolute atomic E-state index is 0.0312. The van der Waals surface area contributed by atoms with Gasteiger partial charge in [0.1, 0.15) is 0 Å². The monoisotopic (exact) mass is 361 g/mol. The van der Waals surface area contributed by atoms with Crippen LogP contribution in [0.4, 0.5) is 0 Å². The predicted octanol–water partition coefficient (Wildman–Crippen LogP) is 1.70. The number of rotatable bonds is 4. The van der Waals surface area contributed by atoms with Crippen LogP contribution in [0.2, 0.25) is 0 Å². The molecular formula is C13H16BrNO4S. The Balaban J connectivity index is 2.22. The molecule has 1 atom stereocenters. The van der Waals surface area contributed by atoms with E-state index in [0.29, 0.717) is 13.1 Å². The summed E-state index contributed by atoms with van der Waals surface area (Å²) in [5.74, 6) is -0.697. The van der Waals surface area contributed by atoms with E-state index in [1.165, 1.54) is 0 Å². The van der Waals surface area contributed by atoms with Crippen molar-refractivity contribution in [2.45, 2.75) is 12.5 Å². The highest BCUT2D eigenvalue weighted by Gasteiger charge is 2.29. The smallest absolute Gasteiger partial charge is 0.305 e. The SMILES string of the molecule is O=C(O)C[C@@H](c1cccc(Br)c1)N1CCS(=O)(=O)CC1. The van der Waals surface area contributed by atoms with Gasteiger partial charge in [0.15, 0.2) is 9.84 Å². The van der Waals surface area contributed by atoms with E-state index >= 15 is 0 Å². The van der Waals surface area contributed by atoms with E-state index in [1.54, 1.807) is 0 Å². The van der Waals surface area contributed by atoms with Gasteiger partial charge in [-0.25, -0.2) is 8.42 Å². The van der Waals surface area contributed by atoms with Crippen LogP contribution in [0.5, 0.6) is 0 Å². The number of aliphatic carboxylic acids is 1. The first-order chi connectivity index (χ1) is 9.37. The summed E-state index contributed by atoms with van der Waals surface area (Å²) in [7, 11) is -2.97. The fourth-order valence-electron chi connectivity index (χ4n) is 2.38. The van der Waals surface area contributed by atoms with Crippen molar-refractivity contribution in [3.63, 3.8) is 0 Å². The number of carboxylic acids is 1. The highest BCUT2D eigenvalue weighted by Crippen LogP contribution is 2.28. The first kappa shape index (κ1) is 15.5. The fourth-order valence-corrected chi connectivity index (χ4v) is 4.02. The molecule has 0 saturated carbocycles. The van der Waals surface area contributed by atoms with Crippen molar-refractivity contribution >= 4 is 31.7 Å². The Kier molecular flexibility index (Phi) is 4.82. The minimum atomic E-state index is -2.97. The van der Waals surface area contributed by atoms with Gasteiger partial charge in [0, 0.05) is 23.6 Å². The Hall–Kier alpha value is -0.920. The molecule has 0 amide bonds. The van der Waals surface area contributed by atoms with Crippen molar-refractivity contribution in [2.75, 3.05) is 24.6 Å². The maximum atomic E-state index is 11.5. The van der Waals surface area contributed by atoms with E-state index in [4.69, 9.17) is 5.11 Å². The molecular weight excluding hydrogens is 346 g/mol. The number of hydrogen-bond acceptors (Lipinski definition) is 4. The van der Waals surface area contributed by atoms with Gasteiger partial charge in [-0.15, -0.1) is 0 Å². The van der Waals surface area contributed by atoms with Crippen LogP contribution in [0.3, 0.4) is 0 Å². The molecule has 2 rings (SSSR count). The predicted molar refractivity (Wildman–Crippen MR) is 79.4 cm³/mol. The molecule has 0 radical (unpaired) electrons. The first-order valence-electron chi connectivity index (χ1n) is 6.29. The van der Waals surface area contributed by atoms with E-state index < -0.39 is 15.8 Å². The molecule has 1 aliphatic heterocycles. The second-order valence-electron chi connectivity index (χ2n) is 4.86. The fraction of sp³-hybridized carbons (Fsp3) is 0.462. The summed E-state index contributed by atoms with van der Waals surface area (Å²) >= 11 is 3.38. The molecule has 110 valence electrons. The number of halogens is 1. The van der Waals surface area contributed by atoms with Crippen LogP contribution in [0.25, 0.3) is 0 Å². The van der Waals surface area contributed by atoms with E-state index in [9.17, 15) is 13.2 Å². The van der Waals surface area contributed by atoms with Gasteiger partial charge in [-0.3, -0.25) is 9.69 Å². The Bertz CT molecular complexity index is 588. The van der Waals surface area contributed by atoms with Gasteiger partial charge in [0.2, 0.25) is 0 Å². The number of hydrogen-bond donors (Lipinski definition) is 1. The largest absolute Gasteiger partial charge is 0.481 e. The normalized spacial score (nSPS) is 20.4. The zero-order valence-electron chi connectivity index (χ0n) is 10.8. The van der Waals surface area contributed by atoms with Gasteiger partial charge in [-0.1, -0.05) is 28.1 Å². The lowest BCUT2D eigenvalue weighted by atomic mass is 10.0. The third-order valence-corrected chi connectivity index (χ3v) is 5.52. The van der Waals surface area contributed by atoms with Crippen molar-refractivity contribution < 1.29 is 18.3 Å². The average molecular weight is 362 g/mol. The standard InChI is InChI=1S/C13H16BrNO4S/c14-11-3-1-2-10(8-11)12(9-13(16)17)15-4-6-20(18,19)7-5-15/h1-3,8,12H,4-7,9H2,(H,16,17)/t12-/m0/s1. The third kappa shape index (κ3) is 4.04. The van der Waals surface area contributed by atoms with Gasteiger partial charge in [0.05, 0.1) is 17.9 Å². The molecule has 1 fully saturated rings. The van der Waals surface area contributed by atoms with E-state index in [0.717, 1.165) is 10.0 Å². The lowest BCUT2D eigenvalue weighted by Crippen LogP contribution is -2.42. The third-order valence-electron chi connectivity index (χ3n) is 3.42. The molecule has 0 unspecified atom stereocenters. The highest BCUT2D eigenvalue weighted by molar-refractivity contribution is 9.10. The van der Waals surface area contributed by atoms with Crippen LogP contribution in [0.1, 0.15) is 18.0 Å². The summed E-state index contributed by atoms with van der Waals surface area (Å²) in [6.45, 7) is 0.763. The average Bonchev–Trinajstić information content (AvgIpc) is 2.36. The van der Waals surface area contributed by atoms with E-state index in [-0.39, 0.29) is 24.0 Å². The molecule has 1 saturated heterocycles. The van der Waals surface area contributed by atoms with Crippen LogP contribution in [-0.4, -0.2) is 49.0 Å². The van der Waals surface area contributed by atoms with Crippen molar-refractivity contribution in [1.82, 2.24) is 4.90 Å². The van der Waals surface area contributed by atoms with Gasteiger partial charge in [-0.2, -0.15) is 0 Å². The topological polar surface area (TPSA) is 74.7 Å². The first-order valence-corrected chi connectivity index (χ1v) is 8.90. The molecule has 1 aromatic rings. The molecule has 1 aromatic carbocycles. The van der Waals surface area contributed by atoms with Crippen molar-refractivity contribution in [3.05, 3.63) is 34.3 Å². The molecule has 5 nitrogen and oxygen atoms in total. The molecule has 0 bridgehead atoms. The summed E-state index contributed by atoms with van der Waals surface area (Å²) in [5.41, 5.74) is 0.890. The number of carboxylic acid groups (broad SMARTS) is 1. The number of nitrogens with zero attached hydrogens (tertiary/aromatic N) is 1. The van der Waals surface area contributed by atoms with E-state index in [1.807, 2.05) is 29.2 Å². The molecule has 0 aliphatic carbocycles. The number of sulfone groups is 1. The minimum Gasteiger partial charge on any atom is -0.481 e. The van der Waals surface area contributed by atoms with Gasteiger partial charge in [-0.05, 0) is 17.7 Å². The Labute approximate surface area is 126 Å². The maximum Gasteiger partial charge on any atom is 0.305 e. The lowest BCUT2D eigenvalue weighted by Gasteiger charge is -2.34. The van der Waals surface area contributed by atoms with Crippen LogP contribution in [0.15, 0.2) is 28.7 Å².